The first-order valence-electron chi connectivity index (χ1n) is 11.6. The first-order valence-corrected chi connectivity index (χ1v) is 12.0. The van der Waals surface area contributed by atoms with Gasteiger partial charge in [0.2, 0.25) is 6.79 Å². The number of carbonyl (C=O) groups is 2. The molecular weight excluding hydrogens is 498 g/mol. The number of methoxy groups -OCH3 is 1. The maximum absolute atomic E-state index is 13.4. The third kappa shape index (κ3) is 4.56. The molecule has 1 saturated heterocycles. The molecule has 1 unspecified atom stereocenters. The summed E-state index contributed by atoms with van der Waals surface area (Å²) in [6.07, 6.45) is 0. The van der Waals surface area contributed by atoms with E-state index in [0.29, 0.717) is 35.2 Å². The highest BCUT2D eigenvalue weighted by molar-refractivity contribution is 6.47. The lowest BCUT2D eigenvalue weighted by molar-refractivity contribution is -0.140. The van der Waals surface area contributed by atoms with Crippen LogP contribution in [0.3, 0.4) is 0 Å². The first-order chi connectivity index (χ1) is 17.9. The second kappa shape index (κ2) is 10.1. The van der Waals surface area contributed by atoms with E-state index in [-0.39, 0.29) is 35.3 Å². The van der Waals surface area contributed by atoms with Crippen LogP contribution in [0.25, 0.3) is 5.76 Å². The Morgan fingerprint density at radius 3 is 2.49 bits per heavy atom. The van der Waals surface area contributed by atoms with Gasteiger partial charge in [0.25, 0.3) is 11.7 Å². The van der Waals surface area contributed by atoms with Crippen molar-refractivity contribution in [3.05, 3.63) is 87.9 Å². The third-order valence-corrected chi connectivity index (χ3v) is 6.59. The molecular formula is C28H24ClNO7. The molecule has 8 nitrogen and oxygen atoms in total. The minimum absolute atomic E-state index is 0.0635. The predicted molar refractivity (Wildman–Crippen MR) is 136 cm³/mol. The zero-order valence-corrected chi connectivity index (χ0v) is 20.9. The van der Waals surface area contributed by atoms with Crippen LogP contribution in [0.2, 0.25) is 5.02 Å². The Hall–Kier alpha value is -4.17. The molecule has 1 atom stereocenters. The summed E-state index contributed by atoms with van der Waals surface area (Å²) >= 11 is 6.41. The highest BCUT2D eigenvalue weighted by atomic mass is 35.5. The van der Waals surface area contributed by atoms with Crippen molar-refractivity contribution in [3.8, 4) is 23.0 Å². The summed E-state index contributed by atoms with van der Waals surface area (Å²) in [5, 5.41) is 11.6. The molecule has 3 aromatic rings. The van der Waals surface area contributed by atoms with Gasteiger partial charge in [-0.3, -0.25) is 9.59 Å². The fourth-order valence-electron chi connectivity index (χ4n) is 4.50. The normalized spacial score (nSPS) is 17.8. The second-order valence-electron chi connectivity index (χ2n) is 8.46. The summed E-state index contributed by atoms with van der Waals surface area (Å²) in [6.45, 7) is 2.46. The first kappa shape index (κ1) is 24.5. The average molecular weight is 522 g/mol. The quantitative estimate of drug-likeness (QED) is 0.262. The van der Waals surface area contributed by atoms with Gasteiger partial charge in [-0.05, 0) is 60.5 Å². The average Bonchev–Trinajstić information content (AvgIpc) is 3.47. The lowest BCUT2D eigenvalue weighted by Crippen LogP contribution is -2.29. The molecule has 37 heavy (non-hydrogen) atoms. The number of amides is 1. The number of hydrogen-bond acceptors (Lipinski definition) is 7. The number of halogens is 1. The topological polar surface area (TPSA) is 94.5 Å². The van der Waals surface area contributed by atoms with Crippen LogP contribution in [-0.4, -0.2) is 42.2 Å². The van der Waals surface area contributed by atoms with Crippen molar-refractivity contribution in [2.75, 3.05) is 20.5 Å². The third-order valence-electron chi connectivity index (χ3n) is 6.27. The van der Waals surface area contributed by atoms with Crippen molar-refractivity contribution in [2.45, 2.75) is 19.5 Å². The number of ether oxygens (including phenoxy) is 4. The van der Waals surface area contributed by atoms with Crippen LogP contribution in [-0.2, 0) is 16.1 Å². The van der Waals surface area contributed by atoms with Crippen molar-refractivity contribution < 1.29 is 33.6 Å². The van der Waals surface area contributed by atoms with Gasteiger partial charge in [-0.15, -0.1) is 0 Å². The number of hydrogen-bond donors (Lipinski definition) is 1. The summed E-state index contributed by atoms with van der Waals surface area (Å²) < 4.78 is 21.7. The van der Waals surface area contributed by atoms with Gasteiger partial charge >= 0.3 is 0 Å². The Bertz CT molecular complexity index is 1400. The number of aliphatic hydroxyl groups excluding tert-OH is 1. The lowest BCUT2D eigenvalue weighted by Gasteiger charge is -2.26. The number of nitrogens with zero attached hydrogens (tertiary/aromatic N) is 1. The van der Waals surface area contributed by atoms with Gasteiger partial charge in [0.15, 0.2) is 11.5 Å². The molecule has 190 valence electrons. The number of benzene rings is 3. The molecule has 0 aliphatic carbocycles. The maximum atomic E-state index is 13.4. The zero-order chi connectivity index (χ0) is 26.1. The minimum Gasteiger partial charge on any atom is -0.507 e. The number of rotatable bonds is 7. The molecule has 1 amide bonds. The molecule has 2 heterocycles. The van der Waals surface area contributed by atoms with Crippen LogP contribution in [0.1, 0.15) is 29.7 Å². The molecule has 0 saturated carbocycles. The fraction of sp³-hybridized carbons (Fsp3) is 0.214. The largest absolute Gasteiger partial charge is 0.507 e. The van der Waals surface area contributed by atoms with E-state index in [2.05, 4.69) is 0 Å². The van der Waals surface area contributed by atoms with Gasteiger partial charge in [-0.25, -0.2) is 0 Å². The number of aliphatic hydroxyl groups is 1. The minimum atomic E-state index is -0.872. The van der Waals surface area contributed by atoms with Crippen molar-refractivity contribution in [2.24, 2.45) is 0 Å². The number of likely N-dealkylation sites (tertiary alicyclic amines) is 1. The van der Waals surface area contributed by atoms with Gasteiger partial charge < -0.3 is 29.0 Å². The predicted octanol–water partition coefficient (Wildman–Crippen LogP) is 5.10. The van der Waals surface area contributed by atoms with Gasteiger partial charge in [-0.2, -0.15) is 0 Å². The number of carbonyl (C=O) groups excluding carboxylic acids is 2. The molecule has 2 aliphatic rings. The van der Waals surface area contributed by atoms with E-state index in [0.717, 1.165) is 5.56 Å². The van der Waals surface area contributed by atoms with E-state index < -0.39 is 17.7 Å². The SMILES string of the molecule is CCOc1ccc(Cl)c(/C(O)=C2\C(=O)C(=O)N(Cc3ccc4c(c3)OCO4)C2c2ccc(OC)cc2)c1. The van der Waals surface area contributed by atoms with E-state index in [1.54, 1.807) is 67.8 Å². The molecule has 0 aromatic heterocycles. The Kier molecular flexibility index (Phi) is 6.67. The lowest BCUT2D eigenvalue weighted by atomic mass is 9.95. The Balaban J connectivity index is 1.62. The summed E-state index contributed by atoms with van der Waals surface area (Å²) in [4.78, 5) is 28.2. The fourth-order valence-corrected chi connectivity index (χ4v) is 4.71. The monoisotopic (exact) mass is 521 g/mol. The molecule has 2 aliphatic heterocycles. The summed E-state index contributed by atoms with van der Waals surface area (Å²) in [6, 6.07) is 16.2. The highest BCUT2D eigenvalue weighted by Gasteiger charge is 2.46. The van der Waals surface area contributed by atoms with E-state index >= 15 is 0 Å². The van der Waals surface area contributed by atoms with Crippen LogP contribution in [0.5, 0.6) is 23.0 Å². The van der Waals surface area contributed by atoms with E-state index in [1.807, 2.05) is 6.92 Å². The van der Waals surface area contributed by atoms with Crippen LogP contribution in [0.4, 0.5) is 0 Å². The van der Waals surface area contributed by atoms with Gasteiger partial charge in [0.1, 0.15) is 17.3 Å². The highest BCUT2D eigenvalue weighted by Crippen LogP contribution is 2.43. The number of Topliss-reactive ketones (excluding diaryl/α,β-unsaturated/α-hetero) is 1. The van der Waals surface area contributed by atoms with Crippen molar-refractivity contribution in [1.29, 1.82) is 0 Å². The molecule has 1 N–H and O–H groups in total. The molecule has 3 aromatic carbocycles. The van der Waals surface area contributed by atoms with Crippen LogP contribution >= 0.6 is 11.6 Å². The Morgan fingerprint density at radius 1 is 1.03 bits per heavy atom. The molecule has 0 bridgehead atoms. The molecule has 0 radical (unpaired) electrons. The zero-order valence-electron chi connectivity index (χ0n) is 20.2. The van der Waals surface area contributed by atoms with E-state index in [1.165, 1.54) is 4.90 Å². The number of ketones is 1. The standard InChI is InChI=1S/C28H24ClNO7/c1-3-35-19-9-10-21(29)20(13-19)26(31)24-25(17-5-7-18(34-2)8-6-17)30(28(33)27(24)32)14-16-4-11-22-23(12-16)37-15-36-22/h4-13,25,31H,3,14-15H2,1-2H3/b26-24+. The Morgan fingerprint density at radius 2 is 1.76 bits per heavy atom. The van der Waals surface area contributed by atoms with E-state index in [9.17, 15) is 14.7 Å². The van der Waals surface area contributed by atoms with E-state index in [4.69, 9.17) is 30.5 Å². The van der Waals surface area contributed by atoms with Crippen LogP contribution in [0.15, 0.2) is 66.2 Å². The van der Waals surface area contributed by atoms with Crippen LogP contribution in [0, 0.1) is 0 Å². The maximum Gasteiger partial charge on any atom is 0.295 e. The summed E-state index contributed by atoms with van der Waals surface area (Å²) in [5.41, 5.74) is 1.50. The van der Waals surface area contributed by atoms with Crippen molar-refractivity contribution >= 4 is 29.1 Å². The van der Waals surface area contributed by atoms with Gasteiger partial charge in [0, 0.05) is 12.1 Å². The Labute approximate surface area is 218 Å². The van der Waals surface area contributed by atoms with Crippen LogP contribution < -0.4 is 18.9 Å². The number of fused-ring (bicyclic) bond motifs is 1. The van der Waals surface area contributed by atoms with Crippen molar-refractivity contribution in [3.63, 3.8) is 0 Å². The molecule has 0 spiro atoms. The molecule has 5 rings (SSSR count). The van der Waals surface area contributed by atoms with Crippen molar-refractivity contribution in [1.82, 2.24) is 4.90 Å². The van der Waals surface area contributed by atoms with Gasteiger partial charge in [-0.1, -0.05) is 29.8 Å². The molecule has 1 fully saturated rings. The summed E-state index contributed by atoms with van der Waals surface area (Å²) in [5.74, 6) is 0.344. The summed E-state index contributed by atoms with van der Waals surface area (Å²) in [7, 11) is 1.55. The smallest absolute Gasteiger partial charge is 0.295 e. The van der Waals surface area contributed by atoms with Gasteiger partial charge in [0.05, 0.1) is 30.4 Å². The molecule has 9 heteroatoms. The second-order valence-corrected chi connectivity index (χ2v) is 8.87.